The Balaban J connectivity index is 1.59. The normalized spacial score (nSPS) is 14.9. The van der Waals surface area contributed by atoms with Crippen LogP contribution in [-0.2, 0) is 6.18 Å². The van der Waals surface area contributed by atoms with Gasteiger partial charge < -0.3 is 9.80 Å². The molecular weight excluding hydrogens is 384 g/mol. The molecule has 1 aromatic heterocycles. The number of rotatable bonds is 3. The van der Waals surface area contributed by atoms with Crippen molar-refractivity contribution in [2.75, 3.05) is 36.0 Å². The molecule has 0 amide bonds. The fourth-order valence-corrected chi connectivity index (χ4v) is 3.29. The number of piperazine rings is 1. The maximum atomic E-state index is 13.4. The van der Waals surface area contributed by atoms with Crippen molar-refractivity contribution < 1.29 is 17.6 Å². The van der Waals surface area contributed by atoms with E-state index in [-0.39, 0.29) is 17.5 Å². The molecule has 0 radical (unpaired) electrons. The van der Waals surface area contributed by atoms with Crippen molar-refractivity contribution in [1.82, 2.24) is 9.97 Å². The van der Waals surface area contributed by atoms with Crippen molar-refractivity contribution >= 4 is 11.6 Å². The Morgan fingerprint density at radius 1 is 0.759 bits per heavy atom. The minimum absolute atomic E-state index is 0.0671. The number of alkyl halides is 3. The van der Waals surface area contributed by atoms with Gasteiger partial charge in [0.05, 0.1) is 5.69 Å². The zero-order valence-electron chi connectivity index (χ0n) is 15.4. The van der Waals surface area contributed by atoms with Gasteiger partial charge >= 0.3 is 6.18 Å². The first-order valence-electron chi connectivity index (χ1n) is 9.17. The highest BCUT2D eigenvalue weighted by Crippen LogP contribution is 2.32. The van der Waals surface area contributed by atoms with Gasteiger partial charge in [-0.3, -0.25) is 0 Å². The Labute approximate surface area is 165 Å². The predicted octanol–water partition coefficient (Wildman–Crippen LogP) is 4.63. The Kier molecular flexibility index (Phi) is 5.08. The van der Waals surface area contributed by atoms with Crippen LogP contribution in [0.25, 0.3) is 11.3 Å². The standard InChI is InChI=1S/C21H18F4N4/c22-16-6-8-17(9-7-16)28-10-12-29(13-11-28)20-26-18(15-4-2-1-3-5-15)14-19(27-20)21(23,24)25/h1-9,14H,10-13H2. The SMILES string of the molecule is Fc1ccc(N2CCN(c3nc(-c4ccccc4)cc(C(F)(F)F)n3)CC2)cc1. The van der Waals surface area contributed by atoms with Gasteiger partial charge in [-0.05, 0) is 30.3 Å². The highest BCUT2D eigenvalue weighted by atomic mass is 19.4. The minimum Gasteiger partial charge on any atom is -0.368 e. The van der Waals surface area contributed by atoms with E-state index in [1.54, 1.807) is 47.4 Å². The molecule has 0 aliphatic carbocycles. The fourth-order valence-electron chi connectivity index (χ4n) is 3.29. The molecule has 0 unspecified atom stereocenters. The Morgan fingerprint density at radius 2 is 1.38 bits per heavy atom. The molecule has 0 saturated carbocycles. The van der Waals surface area contributed by atoms with Gasteiger partial charge in [0, 0.05) is 37.4 Å². The van der Waals surface area contributed by atoms with Crippen LogP contribution in [-0.4, -0.2) is 36.1 Å². The number of hydrogen-bond acceptors (Lipinski definition) is 4. The lowest BCUT2D eigenvalue weighted by Crippen LogP contribution is -2.47. The van der Waals surface area contributed by atoms with Crippen LogP contribution in [0, 0.1) is 5.82 Å². The molecule has 0 atom stereocenters. The average molecular weight is 402 g/mol. The molecule has 1 aliphatic rings. The first-order valence-corrected chi connectivity index (χ1v) is 9.17. The van der Waals surface area contributed by atoms with Gasteiger partial charge in [-0.1, -0.05) is 30.3 Å². The van der Waals surface area contributed by atoms with Gasteiger partial charge in [0.15, 0.2) is 5.69 Å². The van der Waals surface area contributed by atoms with E-state index in [0.29, 0.717) is 31.7 Å². The van der Waals surface area contributed by atoms with Crippen molar-refractivity contribution in [3.63, 3.8) is 0 Å². The lowest BCUT2D eigenvalue weighted by molar-refractivity contribution is -0.141. The van der Waals surface area contributed by atoms with Crippen molar-refractivity contribution in [3.8, 4) is 11.3 Å². The topological polar surface area (TPSA) is 32.3 Å². The van der Waals surface area contributed by atoms with Crippen molar-refractivity contribution in [2.45, 2.75) is 6.18 Å². The molecule has 2 aromatic carbocycles. The molecule has 1 aliphatic heterocycles. The molecule has 8 heteroatoms. The smallest absolute Gasteiger partial charge is 0.368 e. The summed E-state index contributed by atoms with van der Waals surface area (Å²) in [6, 6.07) is 15.9. The third-order valence-electron chi connectivity index (χ3n) is 4.83. The number of halogens is 4. The van der Waals surface area contributed by atoms with Gasteiger partial charge in [-0.25, -0.2) is 14.4 Å². The molecule has 4 nitrogen and oxygen atoms in total. The second-order valence-electron chi connectivity index (χ2n) is 6.75. The summed E-state index contributed by atoms with van der Waals surface area (Å²) in [5.41, 5.74) is 0.763. The first-order chi connectivity index (χ1) is 13.9. The van der Waals surface area contributed by atoms with Crippen LogP contribution in [0.15, 0.2) is 60.7 Å². The summed E-state index contributed by atoms with van der Waals surface area (Å²) in [4.78, 5) is 12.0. The first kappa shape index (κ1) is 19.2. The number of aromatic nitrogens is 2. The average Bonchev–Trinajstić information content (AvgIpc) is 2.74. The van der Waals surface area contributed by atoms with E-state index in [2.05, 4.69) is 14.9 Å². The molecule has 29 heavy (non-hydrogen) atoms. The monoisotopic (exact) mass is 402 g/mol. The maximum absolute atomic E-state index is 13.4. The molecule has 2 heterocycles. The molecule has 0 N–H and O–H groups in total. The van der Waals surface area contributed by atoms with E-state index in [4.69, 9.17) is 0 Å². The van der Waals surface area contributed by atoms with Gasteiger partial charge in [0.1, 0.15) is 5.82 Å². The van der Waals surface area contributed by atoms with E-state index in [0.717, 1.165) is 11.8 Å². The lowest BCUT2D eigenvalue weighted by Gasteiger charge is -2.36. The Morgan fingerprint density at radius 3 is 2.00 bits per heavy atom. The molecular formula is C21H18F4N4. The van der Waals surface area contributed by atoms with Crippen LogP contribution >= 0.6 is 0 Å². The number of nitrogens with zero attached hydrogens (tertiary/aromatic N) is 4. The molecule has 1 saturated heterocycles. The summed E-state index contributed by atoms with van der Waals surface area (Å²) in [7, 11) is 0. The Hall–Kier alpha value is -3.16. The fraction of sp³-hybridized carbons (Fsp3) is 0.238. The van der Waals surface area contributed by atoms with Crippen LogP contribution in [0.3, 0.4) is 0 Å². The van der Waals surface area contributed by atoms with E-state index in [9.17, 15) is 17.6 Å². The van der Waals surface area contributed by atoms with Gasteiger partial charge in [0.2, 0.25) is 5.95 Å². The van der Waals surface area contributed by atoms with Crippen LogP contribution in [0.5, 0.6) is 0 Å². The molecule has 0 bridgehead atoms. The third-order valence-corrected chi connectivity index (χ3v) is 4.83. The molecule has 150 valence electrons. The molecule has 1 fully saturated rings. The summed E-state index contributed by atoms with van der Waals surface area (Å²) in [5, 5.41) is 0. The number of hydrogen-bond donors (Lipinski definition) is 0. The van der Waals surface area contributed by atoms with E-state index >= 15 is 0 Å². The van der Waals surface area contributed by atoms with Crippen LogP contribution < -0.4 is 9.80 Å². The summed E-state index contributed by atoms with van der Waals surface area (Å²) in [6.45, 7) is 2.08. The van der Waals surface area contributed by atoms with Crippen LogP contribution in [0.1, 0.15) is 5.69 Å². The van der Waals surface area contributed by atoms with Gasteiger partial charge in [0.25, 0.3) is 0 Å². The van der Waals surface area contributed by atoms with Crippen molar-refractivity contribution in [1.29, 1.82) is 0 Å². The van der Waals surface area contributed by atoms with Crippen molar-refractivity contribution in [3.05, 3.63) is 72.2 Å². The van der Waals surface area contributed by atoms with E-state index < -0.39 is 11.9 Å². The van der Waals surface area contributed by atoms with Crippen LogP contribution in [0.2, 0.25) is 0 Å². The summed E-state index contributed by atoms with van der Waals surface area (Å²) in [6.07, 6.45) is -4.56. The lowest BCUT2D eigenvalue weighted by atomic mass is 10.1. The van der Waals surface area contributed by atoms with E-state index in [1.165, 1.54) is 12.1 Å². The Bertz CT molecular complexity index is 966. The molecule has 3 aromatic rings. The minimum atomic E-state index is -4.56. The summed E-state index contributed by atoms with van der Waals surface area (Å²) < 4.78 is 53.3. The number of anilines is 2. The van der Waals surface area contributed by atoms with E-state index in [1.807, 2.05) is 0 Å². The highest BCUT2D eigenvalue weighted by molar-refractivity contribution is 5.61. The second-order valence-corrected chi connectivity index (χ2v) is 6.75. The number of benzene rings is 2. The third kappa shape index (κ3) is 4.31. The van der Waals surface area contributed by atoms with Gasteiger partial charge in [-0.15, -0.1) is 0 Å². The second kappa shape index (κ2) is 7.69. The summed E-state index contributed by atoms with van der Waals surface area (Å²) in [5.74, 6) is -0.240. The van der Waals surface area contributed by atoms with Crippen molar-refractivity contribution in [2.24, 2.45) is 0 Å². The maximum Gasteiger partial charge on any atom is 0.433 e. The zero-order chi connectivity index (χ0) is 20.4. The highest BCUT2D eigenvalue weighted by Gasteiger charge is 2.34. The molecule has 4 rings (SSSR count). The predicted molar refractivity (Wildman–Crippen MR) is 103 cm³/mol. The van der Waals surface area contributed by atoms with Gasteiger partial charge in [-0.2, -0.15) is 13.2 Å². The quantitative estimate of drug-likeness (QED) is 0.598. The zero-order valence-corrected chi connectivity index (χ0v) is 15.4. The summed E-state index contributed by atoms with van der Waals surface area (Å²) >= 11 is 0. The van der Waals surface area contributed by atoms with Crippen LogP contribution in [0.4, 0.5) is 29.2 Å². The molecule has 0 spiro atoms. The largest absolute Gasteiger partial charge is 0.433 e.